The van der Waals surface area contributed by atoms with Gasteiger partial charge in [0.2, 0.25) is 5.91 Å². The van der Waals surface area contributed by atoms with Crippen molar-refractivity contribution in [3.63, 3.8) is 0 Å². The van der Waals surface area contributed by atoms with Crippen LogP contribution in [0, 0.1) is 11.3 Å². The molecule has 1 N–H and O–H groups in total. The summed E-state index contributed by atoms with van der Waals surface area (Å²) in [6.45, 7) is 0.496. The minimum atomic E-state index is -0.521. The number of benzene rings is 1. The van der Waals surface area contributed by atoms with E-state index in [-0.39, 0.29) is 24.2 Å². The number of hydrogen-bond donors (Lipinski definition) is 1. The summed E-state index contributed by atoms with van der Waals surface area (Å²) in [5.41, 5.74) is 0.603. The molecule has 1 aliphatic rings. The van der Waals surface area contributed by atoms with E-state index < -0.39 is 6.04 Å². The first-order chi connectivity index (χ1) is 12.2. The van der Waals surface area contributed by atoms with Crippen molar-refractivity contribution in [2.75, 3.05) is 18.5 Å². The van der Waals surface area contributed by atoms with E-state index >= 15 is 0 Å². The quantitative estimate of drug-likeness (QED) is 0.902. The van der Waals surface area contributed by atoms with E-state index in [0.717, 1.165) is 6.42 Å². The van der Waals surface area contributed by atoms with Gasteiger partial charge in [-0.05, 0) is 49.2 Å². The maximum atomic E-state index is 12.5. The molecule has 0 spiro atoms. The molecular weight excluding hydrogens is 322 g/mol. The Bertz CT molecular complexity index is 778. The zero-order chi connectivity index (χ0) is 17.6. The average molecular weight is 339 g/mol. The number of ether oxygens (including phenoxy) is 1. The lowest BCUT2D eigenvalue weighted by Crippen LogP contribution is -2.43. The lowest BCUT2D eigenvalue weighted by Gasteiger charge is -2.23. The number of carbonyl (C=O) groups is 2. The molecule has 128 valence electrons. The fourth-order valence-electron chi connectivity index (χ4n) is 2.80. The monoisotopic (exact) mass is 339 g/mol. The van der Waals surface area contributed by atoms with Crippen LogP contribution >= 0.6 is 0 Å². The Balaban J connectivity index is 1.64. The molecule has 1 fully saturated rings. The van der Waals surface area contributed by atoms with Crippen molar-refractivity contribution < 1.29 is 18.7 Å². The van der Waals surface area contributed by atoms with Gasteiger partial charge in [0.1, 0.15) is 17.9 Å². The van der Waals surface area contributed by atoms with Gasteiger partial charge in [0.15, 0.2) is 12.4 Å². The second-order valence-corrected chi connectivity index (χ2v) is 5.59. The molecular formula is C18H17N3O4. The number of anilines is 1. The fourth-order valence-corrected chi connectivity index (χ4v) is 2.80. The van der Waals surface area contributed by atoms with Gasteiger partial charge in [0.05, 0.1) is 6.26 Å². The minimum absolute atomic E-state index is 0.0301. The molecule has 3 rings (SSSR count). The van der Waals surface area contributed by atoms with Gasteiger partial charge in [0.25, 0.3) is 5.91 Å². The molecule has 1 atom stereocenters. The van der Waals surface area contributed by atoms with Crippen LogP contribution in [0.1, 0.15) is 23.4 Å². The van der Waals surface area contributed by atoms with Crippen LogP contribution in [0.15, 0.2) is 47.1 Å². The van der Waals surface area contributed by atoms with Gasteiger partial charge in [-0.2, -0.15) is 5.26 Å². The largest absolute Gasteiger partial charge is 0.479 e. The number of nitrogens with zero attached hydrogens (tertiary/aromatic N) is 2. The highest BCUT2D eigenvalue weighted by Gasteiger charge is 2.35. The third-order valence-corrected chi connectivity index (χ3v) is 3.97. The summed E-state index contributed by atoms with van der Waals surface area (Å²) in [5.74, 6) is 0.278. The summed E-state index contributed by atoms with van der Waals surface area (Å²) in [4.78, 5) is 26.5. The second-order valence-electron chi connectivity index (χ2n) is 5.59. The first-order valence-electron chi connectivity index (χ1n) is 7.94. The van der Waals surface area contributed by atoms with E-state index in [1.54, 1.807) is 41.3 Å². The highest BCUT2D eigenvalue weighted by Crippen LogP contribution is 2.23. The first-order valence-corrected chi connectivity index (χ1v) is 7.94. The zero-order valence-electron chi connectivity index (χ0n) is 13.5. The van der Waals surface area contributed by atoms with Gasteiger partial charge in [-0.15, -0.1) is 0 Å². The van der Waals surface area contributed by atoms with Crippen LogP contribution in [0.25, 0.3) is 0 Å². The molecule has 7 heteroatoms. The SMILES string of the molecule is N#CCOc1ccc(NC(=O)C2CCCN2C(=O)c2ccco2)cc1. The van der Waals surface area contributed by atoms with Crippen LogP contribution in [0.5, 0.6) is 5.75 Å². The Morgan fingerprint density at radius 3 is 2.80 bits per heavy atom. The standard InChI is InChI=1S/C18H17N3O4/c19-9-12-24-14-7-5-13(6-8-14)20-17(22)15-3-1-10-21(15)18(23)16-4-2-11-25-16/h2,4-8,11,15H,1,3,10,12H2,(H,20,22). The Morgan fingerprint density at radius 2 is 2.12 bits per heavy atom. The van der Waals surface area contributed by atoms with Crippen LogP contribution in [0.2, 0.25) is 0 Å². The Labute approximate surface area is 144 Å². The molecule has 1 aromatic carbocycles. The molecule has 2 amide bonds. The summed E-state index contributed by atoms with van der Waals surface area (Å²) >= 11 is 0. The van der Waals surface area contributed by atoms with Gasteiger partial charge >= 0.3 is 0 Å². The molecule has 1 aliphatic heterocycles. The molecule has 7 nitrogen and oxygen atoms in total. The summed E-state index contributed by atoms with van der Waals surface area (Å²) in [7, 11) is 0. The van der Waals surface area contributed by atoms with E-state index in [0.29, 0.717) is 24.4 Å². The number of amides is 2. The lowest BCUT2D eigenvalue weighted by molar-refractivity contribution is -0.119. The van der Waals surface area contributed by atoms with E-state index in [9.17, 15) is 9.59 Å². The molecule has 2 heterocycles. The van der Waals surface area contributed by atoms with Crippen LogP contribution in [0.3, 0.4) is 0 Å². The summed E-state index contributed by atoms with van der Waals surface area (Å²) in [5, 5.41) is 11.3. The second kappa shape index (κ2) is 7.53. The van der Waals surface area contributed by atoms with Crippen molar-refractivity contribution in [2.24, 2.45) is 0 Å². The topological polar surface area (TPSA) is 95.6 Å². The van der Waals surface area contributed by atoms with Gasteiger partial charge in [0, 0.05) is 12.2 Å². The number of nitrogens with one attached hydrogen (secondary N) is 1. The lowest BCUT2D eigenvalue weighted by atomic mass is 10.2. The van der Waals surface area contributed by atoms with Gasteiger partial charge in [-0.3, -0.25) is 9.59 Å². The van der Waals surface area contributed by atoms with Gasteiger partial charge in [-0.25, -0.2) is 0 Å². The number of rotatable bonds is 5. The van der Waals surface area contributed by atoms with Crippen molar-refractivity contribution in [3.8, 4) is 11.8 Å². The average Bonchev–Trinajstić information content (AvgIpc) is 3.32. The molecule has 1 unspecified atom stereocenters. The third kappa shape index (κ3) is 3.80. The van der Waals surface area contributed by atoms with Crippen molar-refractivity contribution in [3.05, 3.63) is 48.4 Å². The van der Waals surface area contributed by atoms with E-state index in [1.165, 1.54) is 6.26 Å². The van der Waals surface area contributed by atoms with E-state index in [4.69, 9.17) is 14.4 Å². The normalized spacial score (nSPS) is 16.3. The van der Waals surface area contributed by atoms with Crippen molar-refractivity contribution >= 4 is 17.5 Å². The molecule has 2 aromatic rings. The van der Waals surface area contributed by atoms with Crippen LogP contribution in [-0.4, -0.2) is 35.9 Å². The van der Waals surface area contributed by atoms with Crippen molar-refractivity contribution in [1.82, 2.24) is 4.90 Å². The minimum Gasteiger partial charge on any atom is -0.479 e. The molecule has 0 radical (unpaired) electrons. The summed E-state index contributed by atoms with van der Waals surface area (Å²) in [6.07, 6.45) is 2.82. The number of furan rings is 1. The number of hydrogen-bond acceptors (Lipinski definition) is 5. The van der Waals surface area contributed by atoms with E-state index in [1.807, 2.05) is 6.07 Å². The molecule has 1 saturated heterocycles. The molecule has 1 aromatic heterocycles. The molecule has 25 heavy (non-hydrogen) atoms. The van der Waals surface area contributed by atoms with Crippen LogP contribution in [0.4, 0.5) is 5.69 Å². The van der Waals surface area contributed by atoms with Crippen LogP contribution in [-0.2, 0) is 4.79 Å². The van der Waals surface area contributed by atoms with Gasteiger partial charge in [-0.1, -0.05) is 0 Å². The molecule has 0 bridgehead atoms. The van der Waals surface area contributed by atoms with Crippen molar-refractivity contribution in [2.45, 2.75) is 18.9 Å². The predicted molar refractivity (Wildman–Crippen MR) is 88.9 cm³/mol. The van der Waals surface area contributed by atoms with Gasteiger partial charge < -0.3 is 19.4 Å². The maximum Gasteiger partial charge on any atom is 0.290 e. The predicted octanol–water partition coefficient (Wildman–Crippen LogP) is 2.43. The maximum absolute atomic E-state index is 12.5. The fraction of sp³-hybridized carbons (Fsp3) is 0.278. The highest BCUT2D eigenvalue weighted by atomic mass is 16.5. The summed E-state index contributed by atoms with van der Waals surface area (Å²) < 4.78 is 10.3. The first kappa shape index (κ1) is 16.6. The third-order valence-electron chi connectivity index (χ3n) is 3.97. The Hall–Kier alpha value is -3.27. The zero-order valence-corrected chi connectivity index (χ0v) is 13.5. The number of nitriles is 1. The highest BCUT2D eigenvalue weighted by molar-refractivity contribution is 6.00. The number of carbonyl (C=O) groups excluding carboxylic acids is 2. The van der Waals surface area contributed by atoms with Crippen LogP contribution < -0.4 is 10.1 Å². The summed E-state index contributed by atoms with van der Waals surface area (Å²) in [6, 6.07) is 11.3. The van der Waals surface area contributed by atoms with Crippen molar-refractivity contribution in [1.29, 1.82) is 5.26 Å². The Morgan fingerprint density at radius 1 is 1.32 bits per heavy atom. The van der Waals surface area contributed by atoms with E-state index in [2.05, 4.69) is 5.32 Å². The molecule has 0 saturated carbocycles. The smallest absolute Gasteiger partial charge is 0.290 e. The Kier molecular flexibility index (Phi) is 5.00. The molecule has 0 aliphatic carbocycles. The number of likely N-dealkylation sites (tertiary alicyclic amines) is 1.